The van der Waals surface area contributed by atoms with Crippen molar-refractivity contribution in [1.29, 1.82) is 0 Å². The second kappa shape index (κ2) is 6.83. The number of aromatic hydroxyl groups is 1. The highest BCUT2D eigenvalue weighted by molar-refractivity contribution is 5.94. The number of H-pyrrole nitrogens is 1. The van der Waals surface area contributed by atoms with Crippen LogP contribution in [0.25, 0.3) is 0 Å². The average Bonchev–Trinajstić information content (AvgIpc) is 2.60. The van der Waals surface area contributed by atoms with Crippen molar-refractivity contribution in [2.75, 3.05) is 0 Å². The van der Waals surface area contributed by atoms with Crippen LogP contribution in [-0.4, -0.2) is 16.0 Å². The minimum Gasteiger partial charge on any atom is -0.494 e. The number of aromatic nitrogens is 1. The number of rotatable bonds is 4. The first-order valence-electron chi connectivity index (χ1n) is 7.47. The zero-order chi connectivity index (χ0) is 16.9. The largest absolute Gasteiger partial charge is 0.494 e. The van der Waals surface area contributed by atoms with Crippen LogP contribution in [0.5, 0.6) is 5.88 Å². The van der Waals surface area contributed by atoms with Gasteiger partial charge in [-0.25, -0.2) is 0 Å². The maximum absolute atomic E-state index is 12.5. The van der Waals surface area contributed by atoms with E-state index in [0.717, 1.165) is 17.2 Å². The Balaban J connectivity index is 1.95. The molecule has 0 spiro atoms. The van der Waals surface area contributed by atoms with E-state index in [2.05, 4.69) is 10.3 Å². The Morgan fingerprint density at radius 3 is 1.96 bits per heavy atom. The number of carbonyl (C=O) groups is 1. The number of amides is 1. The van der Waals surface area contributed by atoms with Crippen LogP contribution in [0.1, 0.15) is 27.5 Å². The molecule has 0 aliphatic rings. The van der Waals surface area contributed by atoms with E-state index in [9.17, 15) is 14.7 Å². The molecule has 2 aromatic carbocycles. The molecule has 0 radical (unpaired) electrons. The zero-order valence-corrected chi connectivity index (χ0v) is 12.8. The van der Waals surface area contributed by atoms with Crippen molar-refractivity contribution in [3.63, 3.8) is 0 Å². The Kier molecular flexibility index (Phi) is 4.43. The Bertz CT molecular complexity index is 850. The predicted octanol–water partition coefficient (Wildman–Crippen LogP) is 2.60. The molecule has 120 valence electrons. The summed E-state index contributed by atoms with van der Waals surface area (Å²) in [5.41, 5.74) is 1.42. The van der Waals surface area contributed by atoms with Gasteiger partial charge in [-0.2, -0.15) is 0 Å². The van der Waals surface area contributed by atoms with E-state index in [1.807, 2.05) is 60.7 Å². The fourth-order valence-corrected chi connectivity index (χ4v) is 2.52. The second-order valence-electron chi connectivity index (χ2n) is 5.35. The summed E-state index contributed by atoms with van der Waals surface area (Å²) in [4.78, 5) is 26.2. The first-order chi connectivity index (χ1) is 11.6. The number of carbonyl (C=O) groups excluding carboxylic acids is 1. The fraction of sp³-hybridized carbons (Fsp3) is 0.0526. The van der Waals surface area contributed by atoms with Crippen LogP contribution < -0.4 is 10.9 Å². The second-order valence-corrected chi connectivity index (χ2v) is 5.35. The summed E-state index contributed by atoms with van der Waals surface area (Å²) in [7, 11) is 0. The molecule has 0 unspecified atom stereocenters. The minimum absolute atomic E-state index is 0.105. The third-order valence-electron chi connectivity index (χ3n) is 3.63. The van der Waals surface area contributed by atoms with Gasteiger partial charge in [0.05, 0.1) is 11.6 Å². The molecule has 3 N–H and O–H groups in total. The van der Waals surface area contributed by atoms with Gasteiger partial charge in [0.25, 0.3) is 11.5 Å². The van der Waals surface area contributed by atoms with Crippen LogP contribution >= 0.6 is 0 Å². The van der Waals surface area contributed by atoms with Crippen LogP contribution in [0.4, 0.5) is 0 Å². The third kappa shape index (κ3) is 3.52. The van der Waals surface area contributed by atoms with Gasteiger partial charge in [0, 0.05) is 12.1 Å². The van der Waals surface area contributed by atoms with Crippen LogP contribution in [0.3, 0.4) is 0 Å². The number of aromatic amines is 1. The molecule has 0 saturated carbocycles. The molecule has 0 bridgehead atoms. The first-order valence-corrected chi connectivity index (χ1v) is 7.47. The van der Waals surface area contributed by atoms with E-state index in [1.165, 1.54) is 6.07 Å². The van der Waals surface area contributed by atoms with Gasteiger partial charge in [0.15, 0.2) is 5.88 Å². The summed E-state index contributed by atoms with van der Waals surface area (Å²) in [5, 5.41) is 12.4. The van der Waals surface area contributed by atoms with Crippen LogP contribution in [-0.2, 0) is 0 Å². The smallest absolute Gasteiger partial charge is 0.252 e. The number of hydrogen-bond acceptors (Lipinski definition) is 3. The Labute approximate surface area is 138 Å². The number of pyridine rings is 1. The molecule has 3 aromatic rings. The van der Waals surface area contributed by atoms with Crippen molar-refractivity contribution in [3.05, 3.63) is 99.8 Å². The standard InChI is InChI=1S/C19H16N2O3/c22-16-11-15(12-17(23)20-16)19(24)21-18(13-7-3-1-4-8-13)14-9-5-2-6-10-14/h1-12,18H,(H,21,24)(H2,20,22,23). The van der Waals surface area contributed by atoms with Gasteiger partial charge in [-0.3, -0.25) is 14.6 Å². The van der Waals surface area contributed by atoms with Crippen molar-refractivity contribution >= 4 is 5.91 Å². The lowest BCUT2D eigenvalue weighted by molar-refractivity contribution is 0.0942. The molecule has 1 aromatic heterocycles. The van der Waals surface area contributed by atoms with Gasteiger partial charge in [-0.05, 0) is 11.1 Å². The van der Waals surface area contributed by atoms with E-state index in [1.54, 1.807) is 0 Å². The van der Waals surface area contributed by atoms with E-state index >= 15 is 0 Å². The Morgan fingerprint density at radius 2 is 1.46 bits per heavy atom. The molecule has 3 rings (SSSR count). The first kappa shape index (κ1) is 15.6. The molecular weight excluding hydrogens is 304 g/mol. The van der Waals surface area contributed by atoms with Crippen molar-refractivity contribution in [2.45, 2.75) is 6.04 Å². The summed E-state index contributed by atoms with van der Waals surface area (Å²) in [6, 6.07) is 21.1. The summed E-state index contributed by atoms with van der Waals surface area (Å²) in [6.07, 6.45) is 0. The zero-order valence-electron chi connectivity index (χ0n) is 12.8. The number of hydrogen-bond donors (Lipinski definition) is 3. The number of nitrogens with one attached hydrogen (secondary N) is 2. The van der Waals surface area contributed by atoms with E-state index in [0.29, 0.717) is 0 Å². The highest BCUT2D eigenvalue weighted by Crippen LogP contribution is 2.22. The Morgan fingerprint density at radius 1 is 0.917 bits per heavy atom. The predicted molar refractivity (Wildman–Crippen MR) is 90.9 cm³/mol. The van der Waals surface area contributed by atoms with Gasteiger partial charge in [-0.15, -0.1) is 0 Å². The molecule has 0 aliphatic carbocycles. The molecule has 5 nitrogen and oxygen atoms in total. The van der Waals surface area contributed by atoms with Gasteiger partial charge < -0.3 is 10.4 Å². The highest BCUT2D eigenvalue weighted by atomic mass is 16.3. The minimum atomic E-state index is -0.531. The van der Waals surface area contributed by atoms with Crippen LogP contribution in [0.2, 0.25) is 0 Å². The molecule has 1 amide bonds. The van der Waals surface area contributed by atoms with Crippen molar-refractivity contribution in [1.82, 2.24) is 10.3 Å². The summed E-state index contributed by atoms with van der Waals surface area (Å²) < 4.78 is 0. The number of benzene rings is 2. The maximum Gasteiger partial charge on any atom is 0.252 e. The quantitative estimate of drug-likeness (QED) is 0.691. The van der Waals surface area contributed by atoms with Gasteiger partial charge in [0.1, 0.15) is 0 Å². The van der Waals surface area contributed by atoms with E-state index < -0.39 is 11.5 Å². The lowest BCUT2D eigenvalue weighted by Gasteiger charge is -2.20. The summed E-state index contributed by atoms with van der Waals surface area (Å²) in [5.74, 6) is -0.780. The molecule has 0 fully saturated rings. The van der Waals surface area contributed by atoms with Crippen molar-refractivity contribution < 1.29 is 9.90 Å². The SMILES string of the molecule is O=C(NC(c1ccccc1)c1ccccc1)c1cc(O)[nH]c(=O)c1. The summed E-state index contributed by atoms with van der Waals surface area (Å²) in [6.45, 7) is 0. The highest BCUT2D eigenvalue weighted by Gasteiger charge is 2.18. The van der Waals surface area contributed by atoms with Crippen molar-refractivity contribution in [3.8, 4) is 5.88 Å². The van der Waals surface area contributed by atoms with Crippen molar-refractivity contribution in [2.24, 2.45) is 0 Å². The lowest BCUT2D eigenvalue weighted by Crippen LogP contribution is -2.30. The van der Waals surface area contributed by atoms with Gasteiger partial charge in [-0.1, -0.05) is 60.7 Å². The summed E-state index contributed by atoms with van der Waals surface area (Å²) >= 11 is 0. The molecule has 5 heteroatoms. The topological polar surface area (TPSA) is 82.2 Å². The van der Waals surface area contributed by atoms with Gasteiger partial charge >= 0.3 is 0 Å². The Hall–Kier alpha value is -3.34. The monoisotopic (exact) mass is 320 g/mol. The molecule has 1 heterocycles. The van der Waals surface area contributed by atoms with Crippen LogP contribution in [0, 0.1) is 0 Å². The molecule has 0 aliphatic heterocycles. The lowest BCUT2D eigenvalue weighted by atomic mass is 9.98. The van der Waals surface area contributed by atoms with Crippen LogP contribution in [0.15, 0.2) is 77.6 Å². The fourth-order valence-electron chi connectivity index (χ4n) is 2.52. The molecule has 24 heavy (non-hydrogen) atoms. The third-order valence-corrected chi connectivity index (χ3v) is 3.63. The average molecular weight is 320 g/mol. The molecular formula is C19H16N2O3. The van der Waals surface area contributed by atoms with E-state index in [4.69, 9.17) is 0 Å². The maximum atomic E-state index is 12.5. The normalized spacial score (nSPS) is 10.5. The molecule has 0 saturated heterocycles. The molecule has 0 atom stereocenters. The van der Waals surface area contributed by atoms with Gasteiger partial charge in [0.2, 0.25) is 0 Å². The van der Waals surface area contributed by atoms with E-state index in [-0.39, 0.29) is 17.5 Å².